The summed E-state index contributed by atoms with van der Waals surface area (Å²) in [6.07, 6.45) is 1.49. The third-order valence-electron chi connectivity index (χ3n) is 3.62. The molecule has 1 amide bonds. The van der Waals surface area contributed by atoms with Gasteiger partial charge in [-0.15, -0.1) is 11.3 Å². The molecule has 1 aromatic heterocycles. The van der Waals surface area contributed by atoms with E-state index in [1.165, 1.54) is 36.4 Å². The van der Waals surface area contributed by atoms with Gasteiger partial charge in [0.25, 0.3) is 5.91 Å². The predicted molar refractivity (Wildman–Crippen MR) is 126 cm³/mol. The van der Waals surface area contributed by atoms with Crippen molar-refractivity contribution in [1.82, 2.24) is 10.4 Å². The Hall–Kier alpha value is -1.82. The van der Waals surface area contributed by atoms with Crippen molar-refractivity contribution in [3.63, 3.8) is 0 Å². The summed E-state index contributed by atoms with van der Waals surface area (Å²) in [6.45, 7) is 0. The maximum atomic E-state index is 12.0. The first-order chi connectivity index (χ1) is 14.0. The number of aromatic hydroxyl groups is 1. The first-order valence-electron chi connectivity index (χ1n) is 8.19. The van der Waals surface area contributed by atoms with Crippen LogP contribution in [0.1, 0.15) is 5.56 Å². The lowest BCUT2D eigenvalue weighted by molar-refractivity contribution is -0.118. The summed E-state index contributed by atoms with van der Waals surface area (Å²) in [5.74, 6) is 0.379. The molecule has 0 bridgehead atoms. The number of rotatable bonds is 7. The Morgan fingerprint density at radius 2 is 2.17 bits per heavy atom. The summed E-state index contributed by atoms with van der Waals surface area (Å²) in [4.78, 5) is 16.5. The van der Waals surface area contributed by atoms with E-state index in [-0.39, 0.29) is 17.4 Å². The molecule has 0 saturated carbocycles. The van der Waals surface area contributed by atoms with Crippen LogP contribution in [-0.2, 0) is 4.79 Å². The average molecular weight is 560 g/mol. The molecule has 0 aliphatic rings. The van der Waals surface area contributed by atoms with E-state index in [2.05, 4.69) is 15.5 Å². The lowest BCUT2D eigenvalue weighted by atomic mass is 10.2. The number of phenolic OH excluding ortho intramolecular Hbond substituents is 1. The Balaban J connectivity index is 1.52. The van der Waals surface area contributed by atoms with Crippen molar-refractivity contribution in [1.29, 1.82) is 0 Å². The molecule has 0 fully saturated rings. The summed E-state index contributed by atoms with van der Waals surface area (Å²) in [6, 6.07) is 10.8. The van der Waals surface area contributed by atoms with Crippen molar-refractivity contribution >= 4 is 69.4 Å². The minimum Gasteiger partial charge on any atom is -0.504 e. The van der Waals surface area contributed by atoms with E-state index in [4.69, 9.17) is 16.3 Å². The van der Waals surface area contributed by atoms with Crippen LogP contribution in [0.25, 0.3) is 11.3 Å². The summed E-state index contributed by atoms with van der Waals surface area (Å²) in [7, 11) is 1.47. The van der Waals surface area contributed by atoms with E-state index in [0.29, 0.717) is 19.9 Å². The Kier molecular flexibility index (Phi) is 7.76. The highest BCUT2D eigenvalue weighted by atomic mass is 127. The number of nitrogens with one attached hydrogen (secondary N) is 1. The number of hydrogen-bond acceptors (Lipinski definition) is 7. The van der Waals surface area contributed by atoms with Gasteiger partial charge in [-0.05, 0) is 52.4 Å². The van der Waals surface area contributed by atoms with E-state index in [9.17, 15) is 9.90 Å². The fourth-order valence-corrected chi connectivity index (χ4v) is 4.62. The van der Waals surface area contributed by atoms with E-state index in [0.717, 1.165) is 15.6 Å². The van der Waals surface area contributed by atoms with Crippen LogP contribution in [0.5, 0.6) is 11.5 Å². The highest BCUT2D eigenvalue weighted by Gasteiger charge is 2.09. The number of aromatic nitrogens is 1. The number of carbonyl (C=O) groups excluding carboxylic acids is 1. The molecule has 3 aromatic rings. The van der Waals surface area contributed by atoms with Crippen molar-refractivity contribution in [3.8, 4) is 22.8 Å². The lowest BCUT2D eigenvalue weighted by Crippen LogP contribution is -2.19. The first kappa shape index (κ1) is 21.9. The molecular weight excluding hydrogens is 545 g/mol. The molecule has 1 heterocycles. The quantitative estimate of drug-likeness (QED) is 0.184. The summed E-state index contributed by atoms with van der Waals surface area (Å²) in [5, 5.41) is 16.4. The lowest BCUT2D eigenvalue weighted by Gasteiger charge is -2.06. The highest BCUT2D eigenvalue weighted by Crippen LogP contribution is 2.32. The van der Waals surface area contributed by atoms with Crippen LogP contribution in [0, 0.1) is 3.57 Å². The number of phenols is 1. The molecule has 10 heteroatoms. The number of amides is 1. The molecule has 0 aliphatic heterocycles. The molecule has 29 heavy (non-hydrogen) atoms. The number of thioether (sulfide) groups is 1. The normalized spacial score (nSPS) is 11.0. The minimum absolute atomic E-state index is 0.0760. The molecule has 3 rings (SSSR count). The SMILES string of the molecule is COc1cc(/C=N/NC(=O)CSc2nc(-c3ccc(Cl)cc3)cs2)cc(I)c1O. The van der Waals surface area contributed by atoms with Gasteiger partial charge >= 0.3 is 0 Å². The van der Waals surface area contributed by atoms with Gasteiger partial charge < -0.3 is 9.84 Å². The van der Waals surface area contributed by atoms with Crippen LogP contribution in [0.15, 0.2) is 51.2 Å². The second-order valence-electron chi connectivity index (χ2n) is 5.64. The molecule has 0 unspecified atom stereocenters. The number of carbonyl (C=O) groups is 1. The largest absolute Gasteiger partial charge is 0.504 e. The summed E-state index contributed by atoms with van der Waals surface area (Å²) >= 11 is 10.7. The van der Waals surface area contributed by atoms with Gasteiger partial charge in [-0.25, -0.2) is 10.4 Å². The maximum Gasteiger partial charge on any atom is 0.250 e. The molecule has 6 nitrogen and oxygen atoms in total. The molecule has 0 saturated heterocycles. The van der Waals surface area contributed by atoms with E-state index < -0.39 is 0 Å². The Bertz CT molecular complexity index is 1040. The zero-order chi connectivity index (χ0) is 20.8. The smallest absolute Gasteiger partial charge is 0.250 e. The van der Waals surface area contributed by atoms with Crippen LogP contribution < -0.4 is 10.2 Å². The van der Waals surface area contributed by atoms with Gasteiger partial charge in [-0.2, -0.15) is 5.10 Å². The molecule has 0 radical (unpaired) electrons. The second-order valence-corrected chi connectivity index (χ2v) is 9.32. The average Bonchev–Trinajstić information content (AvgIpc) is 3.18. The Labute approximate surface area is 194 Å². The molecule has 0 atom stereocenters. The second kappa shape index (κ2) is 10.3. The van der Waals surface area contributed by atoms with Crippen LogP contribution >= 0.6 is 57.3 Å². The number of nitrogens with zero attached hydrogens (tertiary/aromatic N) is 2. The van der Waals surface area contributed by atoms with Gasteiger partial charge in [0.1, 0.15) is 0 Å². The van der Waals surface area contributed by atoms with Gasteiger partial charge in [0.15, 0.2) is 15.8 Å². The van der Waals surface area contributed by atoms with Crippen molar-refractivity contribution in [2.75, 3.05) is 12.9 Å². The summed E-state index contributed by atoms with van der Waals surface area (Å²) in [5.41, 5.74) is 5.01. The van der Waals surface area contributed by atoms with Crippen molar-refractivity contribution in [3.05, 3.63) is 55.9 Å². The van der Waals surface area contributed by atoms with Crippen LogP contribution in [0.4, 0.5) is 0 Å². The van der Waals surface area contributed by atoms with Crippen molar-refractivity contribution in [2.45, 2.75) is 4.34 Å². The number of ether oxygens (including phenoxy) is 1. The van der Waals surface area contributed by atoms with Crippen molar-refractivity contribution in [2.24, 2.45) is 5.10 Å². The third-order valence-corrected chi connectivity index (χ3v) is 6.72. The van der Waals surface area contributed by atoms with Gasteiger partial charge in [-0.3, -0.25) is 4.79 Å². The Morgan fingerprint density at radius 3 is 2.90 bits per heavy atom. The van der Waals surface area contributed by atoms with Gasteiger partial charge in [-0.1, -0.05) is 35.5 Å². The molecule has 150 valence electrons. The fourth-order valence-electron chi connectivity index (χ4n) is 2.24. The van der Waals surface area contributed by atoms with Crippen LogP contribution in [0.3, 0.4) is 0 Å². The first-order valence-corrected chi connectivity index (χ1v) is 11.5. The number of hydrazone groups is 1. The Morgan fingerprint density at radius 1 is 1.41 bits per heavy atom. The summed E-state index contributed by atoms with van der Waals surface area (Å²) < 4.78 is 6.53. The number of hydrogen-bond donors (Lipinski definition) is 2. The number of thiazole rings is 1. The standard InChI is InChI=1S/C19H15ClIN3O3S2/c1-27-16-7-11(6-14(21)18(16)26)8-22-24-17(25)10-29-19-23-15(9-28-19)12-2-4-13(20)5-3-12/h2-9,26H,10H2,1H3,(H,24,25)/b22-8+. The molecule has 0 aliphatic carbocycles. The van der Waals surface area contributed by atoms with Gasteiger partial charge in [0.2, 0.25) is 0 Å². The zero-order valence-electron chi connectivity index (χ0n) is 15.1. The van der Waals surface area contributed by atoms with Crippen molar-refractivity contribution < 1.29 is 14.6 Å². The number of benzene rings is 2. The highest BCUT2D eigenvalue weighted by molar-refractivity contribution is 14.1. The molecular formula is C19H15ClIN3O3S2. The topological polar surface area (TPSA) is 83.8 Å². The van der Waals surface area contributed by atoms with Gasteiger partial charge in [0.05, 0.1) is 28.3 Å². The molecule has 0 spiro atoms. The number of halogens is 2. The van der Waals surface area contributed by atoms with Gasteiger partial charge in [0, 0.05) is 16.0 Å². The fraction of sp³-hybridized carbons (Fsp3) is 0.105. The van der Waals surface area contributed by atoms with E-state index in [1.807, 2.05) is 52.2 Å². The van der Waals surface area contributed by atoms with Crippen LogP contribution in [0.2, 0.25) is 5.02 Å². The van der Waals surface area contributed by atoms with E-state index in [1.54, 1.807) is 12.1 Å². The minimum atomic E-state index is -0.241. The third kappa shape index (κ3) is 6.08. The molecule has 2 N–H and O–H groups in total. The van der Waals surface area contributed by atoms with E-state index >= 15 is 0 Å². The number of methoxy groups -OCH3 is 1. The maximum absolute atomic E-state index is 12.0. The monoisotopic (exact) mass is 559 g/mol. The van der Waals surface area contributed by atoms with Crippen LogP contribution in [-0.4, -0.2) is 35.1 Å². The molecule has 2 aromatic carbocycles. The zero-order valence-corrected chi connectivity index (χ0v) is 19.6. The predicted octanol–water partition coefficient (Wildman–Crippen LogP) is 5.02.